The number of ether oxygens (including phenoxy) is 4. The van der Waals surface area contributed by atoms with Gasteiger partial charge in [0.05, 0.1) is 26.4 Å². The highest BCUT2D eigenvalue weighted by atomic mass is 31.2. The van der Waals surface area contributed by atoms with Gasteiger partial charge in [-0.3, -0.25) is 37.3 Å². The zero-order chi connectivity index (χ0) is 73.2. The summed E-state index contributed by atoms with van der Waals surface area (Å²) in [6, 6.07) is 0. The van der Waals surface area contributed by atoms with Gasteiger partial charge in [0, 0.05) is 25.7 Å². The fourth-order valence-electron chi connectivity index (χ4n) is 10.4. The number of aliphatic hydroxyl groups excluding tert-OH is 1. The molecule has 0 aromatic rings. The minimum Gasteiger partial charge on any atom is -0.462 e. The summed E-state index contributed by atoms with van der Waals surface area (Å²) in [5.74, 6) is -2.28. The predicted octanol–water partition coefficient (Wildman–Crippen LogP) is 22.8. The molecule has 17 nitrogen and oxygen atoms in total. The second-order valence-corrected chi connectivity index (χ2v) is 29.2. The first kappa shape index (κ1) is 96.0. The van der Waals surface area contributed by atoms with E-state index in [0.29, 0.717) is 32.1 Å². The van der Waals surface area contributed by atoms with Gasteiger partial charge in [0.1, 0.15) is 19.3 Å². The maximum Gasteiger partial charge on any atom is 0.472 e. The number of hydrogen-bond donors (Lipinski definition) is 3. The van der Waals surface area contributed by atoms with E-state index in [1.807, 2.05) is 18.2 Å². The third-order valence-electron chi connectivity index (χ3n) is 16.5. The minimum atomic E-state index is -5.00. The van der Waals surface area contributed by atoms with Gasteiger partial charge in [-0.2, -0.15) is 0 Å². The van der Waals surface area contributed by atoms with Crippen LogP contribution < -0.4 is 0 Å². The summed E-state index contributed by atoms with van der Waals surface area (Å²) in [6.45, 7) is 4.72. The summed E-state index contributed by atoms with van der Waals surface area (Å²) in [7, 11) is -9.98. The van der Waals surface area contributed by atoms with Gasteiger partial charge in [0.15, 0.2) is 12.2 Å². The molecule has 0 rings (SSSR count). The second-order valence-electron chi connectivity index (χ2n) is 26.3. The molecule has 0 heterocycles. The van der Waals surface area contributed by atoms with Crippen LogP contribution in [0.5, 0.6) is 0 Å². The third-order valence-corrected chi connectivity index (χ3v) is 18.4. The van der Waals surface area contributed by atoms with Gasteiger partial charge in [-0.1, -0.05) is 266 Å². The summed E-state index contributed by atoms with van der Waals surface area (Å²) in [6.07, 6.45) is 76.9. The number of carbonyl (C=O) groups excluding carboxylic acids is 4. The Kier molecular flexibility index (Phi) is 70.4. The van der Waals surface area contributed by atoms with Crippen molar-refractivity contribution >= 4 is 39.5 Å². The topological polar surface area (TPSA) is 237 Å². The fourth-order valence-corrected chi connectivity index (χ4v) is 12.0. The van der Waals surface area contributed by atoms with Crippen molar-refractivity contribution < 1.29 is 80.2 Å². The molecule has 19 heteroatoms. The second kappa shape index (κ2) is 73.3. The van der Waals surface area contributed by atoms with Crippen molar-refractivity contribution in [2.75, 3.05) is 39.6 Å². The Bertz CT molecular complexity index is 2270. The number of phosphoric ester groups is 2. The molecule has 100 heavy (non-hydrogen) atoms. The molecule has 0 aliphatic rings. The molecule has 0 bridgehead atoms. The lowest BCUT2D eigenvalue weighted by Gasteiger charge is -2.21. The molecular formula is C81H142O17P2. The van der Waals surface area contributed by atoms with E-state index in [-0.39, 0.29) is 25.7 Å². The highest BCUT2D eigenvalue weighted by Crippen LogP contribution is 2.45. The lowest BCUT2D eigenvalue weighted by molar-refractivity contribution is -0.161. The normalized spacial score (nSPS) is 14.4. The lowest BCUT2D eigenvalue weighted by Crippen LogP contribution is -2.30. The van der Waals surface area contributed by atoms with Crippen LogP contribution in [-0.4, -0.2) is 96.7 Å². The molecule has 0 aromatic carbocycles. The molecule has 0 aliphatic heterocycles. The Morgan fingerprint density at radius 2 is 0.510 bits per heavy atom. The van der Waals surface area contributed by atoms with Crippen LogP contribution in [0.25, 0.3) is 0 Å². The quantitative estimate of drug-likeness (QED) is 0.0169. The Labute approximate surface area is 607 Å². The zero-order valence-electron chi connectivity index (χ0n) is 63.1. The van der Waals surface area contributed by atoms with E-state index < -0.39 is 97.5 Å². The van der Waals surface area contributed by atoms with Gasteiger partial charge < -0.3 is 33.8 Å². The van der Waals surface area contributed by atoms with Crippen LogP contribution in [0.3, 0.4) is 0 Å². The molecule has 0 spiro atoms. The van der Waals surface area contributed by atoms with E-state index in [0.717, 1.165) is 141 Å². The first-order valence-electron chi connectivity index (χ1n) is 39.5. The molecule has 2 unspecified atom stereocenters. The summed E-state index contributed by atoms with van der Waals surface area (Å²) in [5.41, 5.74) is 0. The number of unbranched alkanes of at least 4 members (excludes halogenated alkanes) is 32. The molecule has 5 atom stereocenters. The van der Waals surface area contributed by atoms with E-state index in [2.05, 4.69) is 107 Å². The van der Waals surface area contributed by atoms with Crippen molar-refractivity contribution in [2.45, 2.75) is 354 Å². The largest absolute Gasteiger partial charge is 0.472 e. The Morgan fingerprint density at radius 3 is 0.840 bits per heavy atom. The Morgan fingerprint density at radius 1 is 0.280 bits per heavy atom. The molecule has 0 radical (unpaired) electrons. The highest BCUT2D eigenvalue weighted by molar-refractivity contribution is 7.47. The third kappa shape index (κ3) is 72.3. The lowest BCUT2D eigenvalue weighted by atomic mass is 10.1. The van der Waals surface area contributed by atoms with Gasteiger partial charge in [0.25, 0.3) is 0 Å². The SMILES string of the molecule is CCCCC/C=C\C/C=C\C/C=C\C/C=C\C/C=C\CCC(=O)O[C@H](COC(=O)CCCCCCCCC/C=C\CCCCCC)COP(=O)(O)OC[C@@H](O)COP(=O)(O)OC[C@@H](COC(=O)CCCCCCC/C=C\CCCCCC)OC(=O)CCCCCCC/C=C\CCCCCC. The summed E-state index contributed by atoms with van der Waals surface area (Å²) < 4.78 is 68.4. The monoisotopic (exact) mass is 1450 g/mol. The summed E-state index contributed by atoms with van der Waals surface area (Å²) >= 11 is 0. The van der Waals surface area contributed by atoms with Crippen molar-refractivity contribution in [3.8, 4) is 0 Å². The highest BCUT2D eigenvalue weighted by Gasteiger charge is 2.30. The van der Waals surface area contributed by atoms with Crippen LogP contribution >= 0.6 is 15.6 Å². The first-order valence-corrected chi connectivity index (χ1v) is 42.5. The van der Waals surface area contributed by atoms with E-state index >= 15 is 0 Å². The molecular weight excluding hydrogens is 1310 g/mol. The Hall–Kier alpha value is -4.02. The van der Waals surface area contributed by atoms with Gasteiger partial charge in [0.2, 0.25) is 0 Å². The maximum absolute atomic E-state index is 13.1. The Balaban J connectivity index is 5.42. The number of rotatable bonds is 74. The molecule has 0 amide bonds. The number of allylic oxidation sites excluding steroid dienone is 16. The van der Waals surface area contributed by atoms with Crippen molar-refractivity contribution in [3.05, 3.63) is 97.2 Å². The van der Waals surface area contributed by atoms with Crippen LogP contribution in [-0.2, 0) is 65.4 Å². The smallest absolute Gasteiger partial charge is 0.462 e. The van der Waals surface area contributed by atoms with Crippen LogP contribution in [0.2, 0.25) is 0 Å². The van der Waals surface area contributed by atoms with Crippen LogP contribution in [0.1, 0.15) is 336 Å². The van der Waals surface area contributed by atoms with Crippen molar-refractivity contribution in [2.24, 2.45) is 0 Å². The number of phosphoric acid groups is 2. The van der Waals surface area contributed by atoms with Crippen LogP contribution in [0, 0.1) is 0 Å². The standard InChI is InChI=1S/C81H142O17P2/c1-5-9-13-17-21-25-29-33-35-36-37-38-40-44-48-52-56-60-64-68-81(86)98-77(72-92-79(84)66-62-58-54-50-46-43-39-34-30-26-22-18-14-10-6-2)74-96-100(89,90)94-70-75(82)69-93-99(87,88)95-73-76(97-80(85)67-63-59-55-51-47-42-32-28-24-20-16-12-8-4)71-91-78(83)65-61-57-53-49-45-41-31-27-23-19-15-11-7-3/h21,25-28,30-33,35,37-38,44,48,56,60,75-77,82H,5-20,22-24,29,34,36,39-43,45-47,49-55,57-59,61-74H2,1-4H3,(H,87,88)(H,89,90)/b25-21-,30-26-,31-27-,32-28-,35-33-,38-37-,48-44-,60-56-/t75-,76+,77+/m0/s1. The fraction of sp³-hybridized carbons (Fsp3) is 0.753. The van der Waals surface area contributed by atoms with Gasteiger partial charge >= 0.3 is 39.5 Å². The average Bonchev–Trinajstić information content (AvgIpc) is 0.934. The van der Waals surface area contributed by atoms with E-state index in [4.69, 9.17) is 37.0 Å². The average molecular weight is 1450 g/mol. The zero-order valence-corrected chi connectivity index (χ0v) is 64.9. The predicted molar refractivity (Wildman–Crippen MR) is 409 cm³/mol. The first-order chi connectivity index (χ1) is 48.7. The molecule has 0 aliphatic carbocycles. The van der Waals surface area contributed by atoms with Gasteiger partial charge in [-0.15, -0.1) is 0 Å². The molecule has 0 aromatic heterocycles. The molecule has 578 valence electrons. The van der Waals surface area contributed by atoms with Crippen LogP contribution in [0.4, 0.5) is 0 Å². The molecule has 3 N–H and O–H groups in total. The van der Waals surface area contributed by atoms with E-state index in [1.165, 1.54) is 109 Å². The minimum absolute atomic E-state index is 0.0289. The van der Waals surface area contributed by atoms with Gasteiger partial charge in [-0.25, -0.2) is 9.13 Å². The van der Waals surface area contributed by atoms with Crippen molar-refractivity contribution in [1.82, 2.24) is 0 Å². The van der Waals surface area contributed by atoms with Gasteiger partial charge in [-0.05, 0) is 141 Å². The van der Waals surface area contributed by atoms with Crippen LogP contribution in [0.15, 0.2) is 97.2 Å². The number of aliphatic hydroxyl groups is 1. The number of carbonyl (C=O) groups is 4. The van der Waals surface area contributed by atoms with E-state index in [9.17, 15) is 43.2 Å². The maximum atomic E-state index is 13.1. The van der Waals surface area contributed by atoms with Crippen molar-refractivity contribution in [3.63, 3.8) is 0 Å². The number of hydrogen-bond acceptors (Lipinski definition) is 15. The van der Waals surface area contributed by atoms with Crippen molar-refractivity contribution in [1.29, 1.82) is 0 Å². The molecule has 0 saturated carbocycles. The molecule has 0 fully saturated rings. The summed E-state index contributed by atoms with van der Waals surface area (Å²) in [5, 5.41) is 10.6. The molecule has 0 saturated heterocycles. The van der Waals surface area contributed by atoms with E-state index in [1.54, 1.807) is 0 Å². The number of esters is 4. The summed E-state index contributed by atoms with van der Waals surface area (Å²) in [4.78, 5) is 72.9.